The monoisotopic (exact) mass is 446 g/mol. The van der Waals surface area contributed by atoms with E-state index in [0.29, 0.717) is 42.6 Å². The number of aliphatic hydroxyl groups excluding tert-OH is 1. The van der Waals surface area contributed by atoms with Gasteiger partial charge in [-0.15, -0.1) is 0 Å². The Bertz CT molecular complexity index is 834. The van der Waals surface area contributed by atoms with E-state index in [1.165, 1.54) is 0 Å². The van der Waals surface area contributed by atoms with E-state index in [0.717, 1.165) is 31.2 Å². The van der Waals surface area contributed by atoms with E-state index >= 15 is 0 Å². The summed E-state index contributed by atoms with van der Waals surface area (Å²) in [6.07, 6.45) is 3.81. The number of rotatable bonds is 8. The van der Waals surface area contributed by atoms with Gasteiger partial charge >= 0.3 is 6.03 Å². The minimum absolute atomic E-state index is 0.0465. The van der Waals surface area contributed by atoms with Crippen molar-refractivity contribution in [2.45, 2.75) is 44.2 Å². The van der Waals surface area contributed by atoms with Crippen molar-refractivity contribution < 1.29 is 19.4 Å². The third-order valence-corrected chi connectivity index (χ3v) is 5.86. The molecule has 0 bridgehead atoms. The molecular formula is C24H31ClN2O4. The van der Waals surface area contributed by atoms with Crippen LogP contribution in [0.3, 0.4) is 0 Å². The van der Waals surface area contributed by atoms with Crippen LogP contribution in [0.25, 0.3) is 0 Å². The minimum Gasteiger partial charge on any atom is -0.487 e. The largest absolute Gasteiger partial charge is 0.487 e. The number of carbonyl (C=O) groups excluding carboxylic acids is 1. The summed E-state index contributed by atoms with van der Waals surface area (Å²) in [4.78, 5) is 15.1. The molecule has 0 unspecified atom stereocenters. The molecule has 2 atom stereocenters. The molecule has 1 heterocycles. The van der Waals surface area contributed by atoms with Crippen LogP contribution in [0.5, 0.6) is 5.75 Å². The number of benzene rings is 2. The summed E-state index contributed by atoms with van der Waals surface area (Å²) in [6, 6.07) is 14.6. The molecule has 0 radical (unpaired) electrons. The maximum absolute atomic E-state index is 13.3. The highest BCUT2D eigenvalue weighted by atomic mass is 35.5. The highest BCUT2D eigenvalue weighted by Gasteiger charge is 2.28. The number of halogens is 1. The summed E-state index contributed by atoms with van der Waals surface area (Å²) in [5, 5.41) is 14.2. The van der Waals surface area contributed by atoms with E-state index in [4.69, 9.17) is 21.1 Å². The molecule has 0 aromatic heterocycles. The number of likely N-dealkylation sites (tertiary alicyclic amines) is 1. The topological polar surface area (TPSA) is 71.0 Å². The standard InChI is InChI=1S/C24H31ClN2O4/c1-30-15-16-31-23-20(25)12-8-13-21(23)26-24(29)27-14-7-3-6-11-19(27)17-22(28)18-9-4-2-5-10-18/h2,4-5,8-10,12-13,19,22,28H,3,6-7,11,14-17H2,1H3,(H,26,29)/t19-,22+/m1/s1. The third-order valence-electron chi connectivity index (χ3n) is 5.56. The Morgan fingerprint density at radius 3 is 2.74 bits per heavy atom. The fourth-order valence-electron chi connectivity index (χ4n) is 3.93. The van der Waals surface area contributed by atoms with Crippen molar-refractivity contribution in [3.63, 3.8) is 0 Å². The molecule has 0 spiro atoms. The first-order valence-corrected chi connectivity index (χ1v) is 11.2. The lowest BCUT2D eigenvalue weighted by atomic mass is 9.98. The lowest BCUT2D eigenvalue weighted by Crippen LogP contribution is -2.43. The molecule has 6 nitrogen and oxygen atoms in total. The van der Waals surface area contributed by atoms with Crippen LogP contribution in [0.2, 0.25) is 5.02 Å². The maximum Gasteiger partial charge on any atom is 0.322 e. The normalized spacial score (nSPS) is 17.6. The molecule has 2 amide bonds. The Morgan fingerprint density at radius 1 is 1.16 bits per heavy atom. The van der Waals surface area contributed by atoms with Crippen molar-refractivity contribution in [3.8, 4) is 5.75 Å². The lowest BCUT2D eigenvalue weighted by Gasteiger charge is -2.32. The fraction of sp³-hybridized carbons (Fsp3) is 0.458. The van der Waals surface area contributed by atoms with Gasteiger partial charge < -0.3 is 24.8 Å². The Kier molecular flexibility index (Phi) is 9.00. The average molecular weight is 447 g/mol. The molecular weight excluding hydrogens is 416 g/mol. The van der Waals surface area contributed by atoms with E-state index in [-0.39, 0.29) is 12.1 Å². The summed E-state index contributed by atoms with van der Waals surface area (Å²) < 4.78 is 10.8. The van der Waals surface area contributed by atoms with Gasteiger partial charge in [-0.25, -0.2) is 4.79 Å². The summed E-state index contributed by atoms with van der Waals surface area (Å²) in [5.74, 6) is 0.435. The van der Waals surface area contributed by atoms with E-state index < -0.39 is 6.10 Å². The predicted molar refractivity (Wildman–Crippen MR) is 123 cm³/mol. The van der Waals surface area contributed by atoms with Crippen LogP contribution in [0.4, 0.5) is 10.5 Å². The molecule has 1 fully saturated rings. The Labute approximate surface area is 189 Å². The molecule has 168 valence electrons. The molecule has 1 saturated heterocycles. The number of amides is 2. The van der Waals surface area contributed by atoms with Crippen LogP contribution in [0.1, 0.15) is 43.8 Å². The van der Waals surface area contributed by atoms with Crippen molar-refractivity contribution >= 4 is 23.3 Å². The second kappa shape index (κ2) is 11.9. The number of methoxy groups -OCH3 is 1. The summed E-state index contributed by atoms with van der Waals surface area (Å²) in [7, 11) is 1.60. The van der Waals surface area contributed by atoms with E-state index in [2.05, 4.69) is 5.32 Å². The smallest absolute Gasteiger partial charge is 0.322 e. The van der Waals surface area contributed by atoms with Gasteiger partial charge in [0.25, 0.3) is 0 Å². The van der Waals surface area contributed by atoms with Crippen molar-refractivity contribution in [1.29, 1.82) is 0 Å². The molecule has 7 heteroatoms. The van der Waals surface area contributed by atoms with Crippen LogP contribution < -0.4 is 10.1 Å². The van der Waals surface area contributed by atoms with Crippen LogP contribution in [0.15, 0.2) is 48.5 Å². The van der Waals surface area contributed by atoms with E-state index in [9.17, 15) is 9.90 Å². The number of hydrogen-bond acceptors (Lipinski definition) is 4. The van der Waals surface area contributed by atoms with Crippen molar-refractivity contribution in [3.05, 3.63) is 59.1 Å². The van der Waals surface area contributed by atoms with Gasteiger partial charge in [0.15, 0.2) is 5.75 Å². The number of aliphatic hydroxyl groups is 1. The van der Waals surface area contributed by atoms with Crippen molar-refractivity contribution in [1.82, 2.24) is 4.90 Å². The van der Waals surface area contributed by atoms with Crippen molar-refractivity contribution in [2.75, 3.05) is 32.2 Å². The van der Waals surface area contributed by atoms with Crippen LogP contribution in [-0.4, -0.2) is 48.9 Å². The van der Waals surface area contributed by atoms with Crippen molar-refractivity contribution in [2.24, 2.45) is 0 Å². The van der Waals surface area contributed by atoms with Gasteiger partial charge in [-0.2, -0.15) is 0 Å². The molecule has 2 aromatic rings. The average Bonchev–Trinajstić information content (AvgIpc) is 3.02. The zero-order chi connectivity index (χ0) is 22.1. The zero-order valence-corrected chi connectivity index (χ0v) is 18.7. The van der Waals surface area contributed by atoms with Crippen LogP contribution in [-0.2, 0) is 4.74 Å². The van der Waals surface area contributed by atoms with Gasteiger partial charge in [0.2, 0.25) is 0 Å². The Balaban J connectivity index is 1.73. The van der Waals surface area contributed by atoms with Gasteiger partial charge in [0.05, 0.1) is 23.4 Å². The van der Waals surface area contributed by atoms with E-state index in [1.807, 2.05) is 35.2 Å². The molecule has 31 heavy (non-hydrogen) atoms. The zero-order valence-electron chi connectivity index (χ0n) is 17.9. The van der Waals surface area contributed by atoms with Gasteiger partial charge in [0.1, 0.15) is 6.61 Å². The molecule has 1 aliphatic rings. The number of carbonyl (C=O) groups is 1. The van der Waals surface area contributed by atoms with Gasteiger partial charge in [-0.1, -0.05) is 60.8 Å². The second-order valence-corrected chi connectivity index (χ2v) is 8.15. The number of anilines is 1. The molecule has 2 N–H and O–H groups in total. The van der Waals surface area contributed by atoms with Crippen LogP contribution in [0, 0.1) is 0 Å². The number of hydrogen-bond donors (Lipinski definition) is 2. The quantitative estimate of drug-likeness (QED) is 0.542. The van der Waals surface area contributed by atoms with Gasteiger partial charge in [-0.05, 0) is 37.0 Å². The predicted octanol–water partition coefficient (Wildman–Crippen LogP) is 5.27. The lowest BCUT2D eigenvalue weighted by molar-refractivity contribution is 0.115. The SMILES string of the molecule is COCCOc1c(Cl)cccc1NC(=O)N1CCCCC[C@@H]1C[C@H](O)c1ccccc1. The number of ether oxygens (including phenoxy) is 2. The third kappa shape index (κ3) is 6.60. The summed E-state index contributed by atoms with van der Waals surface area (Å²) in [6.45, 7) is 1.40. The van der Waals surface area contributed by atoms with Crippen LogP contribution >= 0.6 is 11.6 Å². The minimum atomic E-state index is -0.612. The summed E-state index contributed by atoms with van der Waals surface area (Å²) in [5.41, 5.74) is 1.40. The number of para-hydroxylation sites is 1. The molecule has 2 aromatic carbocycles. The number of urea groups is 1. The van der Waals surface area contributed by atoms with Gasteiger partial charge in [0, 0.05) is 19.7 Å². The summed E-state index contributed by atoms with van der Waals surface area (Å²) >= 11 is 6.31. The van der Waals surface area contributed by atoms with E-state index in [1.54, 1.807) is 25.3 Å². The number of nitrogens with zero attached hydrogens (tertiary/aromatic N) is 1. The first-order valence-electron chi connectivity index (χ1n) is 10.8. The van der Waals surface area contributed by atoms with Gasteiger partial charge in [-0.3, -0.25) is 0 Å². The highest BCUT2D eigenvalue weighted by Crippen LogP contribution is 2.34. The number of nitrogens with one attached hydrogen (secondary N) is 1. The second-order valence-electron chi connectivity index (χ2n) is 7.75. The first-order chi connectivity index (χ1) is 15.1. The molecule has 3 rings (SSSR count). The first kappa shape index (κ1) is 23.4. The fourth-order valence-corrected chi connectivity index (χ4v) is 4.16. The molecule has 1 aliphatic heterocycles. The molecule has 0 saturated carbocycles. The maximum atomic E-state index is 13.3. The Hall–Kier alpha value is -2.28. The Morgan fingerprint density at radius 2 is 1.97 bits per heavy atom. The highest BCUT2D eigenvalue weighted by molar-refractivity contribution is 6.32. The molecule has 0 aliphatic carbocycles.